The first-order valence-corrected chi connectivity index (χ1v) is 7.32. The third kappa shape index (κ3) is 6.20. The van der Waals surface area contributed by atoms with Crippen LogP contribution in [0.1, 0.15) is 38.0 Å². The van der Waals surface area contributed by atoms with Crippen LogP contribution in [-0.4, -0.2) is 25.0 Å². The molecule has 0 aromatic carbocycles. The summed E-state index contributed by atoms with van der Waals surface area (Å²) in [6.45, 7) is 7.55. The van der Waals surface area contributed by atoms with E-state index in [1.165, 1.54) is 30.7 Å². The third-order valence-electron chi connectivity index (χ3n) is 3.20. The quantitative estimate of drug-likeness (QED) is 0.721. The molecule has 0 unspecified atom stereocenters. The van der Waals surface area contributed by atoms with Crippen LogP contribution in [0.5, 0.6) is 0 Å². The minimum absolute atomic E-state index is 0.312. The van der Waals surface area contributed by atoms with Crippen molar-refractivity contribution in [2.45, 2.75) is 39.7 Å². The van der Waals surface area contributed by atoms with Gasteiger partial charge in [-0.15, -0.1) is 11.3 Å². The van der Waals surface area contributed by atoms with Gasteiger partial charge < -0.3 is 10.6 Å². The highest BCUT2D eigenvalue weighted by molar-refractivity contribution is 7.09. The molecule has 0 fully saturated rings. The van der Waals surface area contributed by atoms with E-state index in [2.05, 4.69) is 43.3 Å². The monoisotopic (exact) mass is 254 g/mol. The molecule has 0 radical (unpaired) electrons. The fourth-order valence-electron chi connectivity index (χ4n) is 1.83. The van der Waals surface area contributed by atoms with Crippen molar-refractivity contribution in [3.05, 3.63) is 22.4 Å². The Morgan fingerprint density at radius 1 is 1.35 bits per heavy atom. The van der Waals surface area contributed by atoms with Crippen molar-refractivity contribution in [1.82, 2.24) is 4.90 Å². The summed E-state index contributed by atoms with van der Waals surface area (Å²) in [7, 11) is 2.20. The molecule has 1 heterocycles. The maximum atomic E-state index is 5.73. The Bertz CT molecular complexity index is 293. The molecule has 2 nitrogen and oxygen atoms in total. The Morgan fingerprint density at radius 3 is 2.71 bits per heavy atom. The maximum Gasteiger partial charge on any atom is 0.0324 e. The Kier molecular flexibility index (Phi) is 6.17. The molecule has 0 saturated carbocycles. The molecule has 2 N–H and O–H groups in total. The minimum Gasteiger partial charge on any atom is -0.330 e. The second-order valence-corrected chi connectivity index (χ2v) is 6.67. The minimum atomic E-state index is 0.312. The molecule has 1 aromatic rings. The fourth-order valence-corrected chi connectivity index (χ4v) is 2.62. The number of thiophene rings is 1. The average molecular weight is 254 g/mol. The number of nitrogens with two attached hydrogens (primary N) is 1. The van der Waals surface area contributed by atoms with Gasteiger partial charge >= 0.3 is 0 Å². The number of hydrogen-bond donors (Lipinski definition) is 1. The average Bonchev–Trinajstić information content (AvgIpc) is 2.77. The molecule has 3 heteroatoms. The van der Waals surface area contributed by atoms with Crippen molar-refractivity contribution >= 4 is 11.3 Å². The summed E-state index contributed by atoms with van der Waals surface area (Å²) in [4.78, 5) is 3.86. The van der Waals surface area contributed by atoms with Crippen LogP contribution in [0.15, 0.2) is 17.5 Å². The van der Waals surface area contributed by atoms with Crippen molar-refractivity contribution in [2.24, 2.45) is 11.1 Å². The van der Waals surface area contributed by atoms with Crippen molar-refractivity contribution in [2.75, 3.05) is 20.1 Å². The Balaban J connectivity index is 2.10. The highest BCUT2D eigenvalue weighted by atomic mass is 32.1. The van der Waals surface area contributed by atoms with Gasteiger partial charge in [0.15, 0.2) is 0 Å². The lowest BCUT2D eigenvalue weighted by Crippen LogP contribution is -2.24. The first-order chi connectivity index (χ1) is 8.03. The molecule has 17 heavy (non-hydrogen) atoms. The van der Waals surface area contributed by atoms with E-state index in [-0.39, 0.29) is 0 Å². The van der Waals surface area contributed by atoms with E-state index in [1.54, 1.807) is 0 Å². The largest absolute Gasteiger partial charge is 0.330 e. The summed E-state index contributed by atoms with van der Waals surface area (Å²) >= 11 is 1.84. The second kappa shape index (κ2) is 7.14. The van der Waals surface area contributed by atoms with Crippen LogP contribution in [0.3, 0.4) is 0 Å². The van der Waals surface area contributed by atoms with Gasteiger partial charge in [0.05, 0.1) is 0 Å². The van der Waals surface area contributed by atoms with Crippen molar-refractivity contribution in [3.8, 4) is 0 Å². The molecule has 98 valence electrons. The standard InChI is InChI=1S/C14H26N2S/c1-14(2,12-15)8-4-5-9-16(3)11-13-7-6-10-17-13/h6-7,10H,4-5,8-9,11-12,15H2,1-3H3. The topological polar surface area (TPSA) is 29.3 Å². The van der Waals surface area contributed by atoms with E-state index in [1.807, 2.05) is 11.3 Å². The van der Waals surface area contributed by atoms with E-state index < -0.39 is 0 Å². The first kappa shape index (κ1) is 14.7. The second-order valence-electron chi connectivity index (χ2n) is 5.64. The molecule has 0 amide bonds. The van der Waals surface area contributed by atoms with Crippen LogP contribution >= 0.6 is 11.3 Å². The van der Waals surface area contributed by atoms with E-state index in [4.69, 9.17) is 5.73 Å². The molecule has 0 saturated heterocycles. The molecule has 0 aliphatic carbocycles. The van der Waals surface area contributed by atoms with Gasteiger partial charge in [-0.3, -0.25) is 0 Å². The smallest absolute Gasteiger partial charge is 0.0324 e. The van der Waals surface area contributed by atoms with Gasteiger partial charge in [0, 0.05) is 11.4 Å². The van der Waals surface area contributed by atoms with Gasteiger partial charge in [0.25, 0.3) is 0 Å². The van der Waals surface area contributed by atoms with Gasteiger partial charge in [-0.25, -0.2) is 0 Å². The summed E-state index contributed by atoms with van der Waals surface area (Å²) < 4.78 is 0. The lowest BCUT2D eigenvalue weighted by Gasteiger charge is -2.23. The third-order valence-corrected chi connectivity index (χ3v) is 4.06. The number of rotatable bonds is 8. The van der Waals surface area contributed by atoms with Gasteiger partial charge in [0.2, 0.25) is 0 Å². The summed E-state index contributed by atoms with van der Waals surface area (Å²) in [6.07, 6.45) is 3.78. The van der Waals surface area contributed by atoms with Crippen LogP contribution in [0, 0.1) is 5.41 Å². The van der Waals surface area contributed by atoms with Gasteiger partial charge in [-0.1, -0.05) is 26.3 Å². The summed E-state index contributed by atoms with van der Waals surface area (Å²) in [5, 5.41) is 2.15. The predicted octanol–water partition coefficient (Wildman–Crippen LogP) is 3.34. The SMILES string of the molecule is CN(CCCCC(C)(C)CN)Cc1cccs1. The molecule has 0 aliphatic rings. The molecule has 0 bridgehead atoms. The Hall–Kier alpha value is -0.380. The maximum absolute atomic E-state index is 5.73. The Labute approximate surface area is 110 Å². The molecular weight excluding hydrogens is 228 g/mol. The molecule has 0 aliphatic heterocycles. The zero-order valence-electron chi connectivity index (χ0n) is 11.4. The first-order valence-electron chi connectivity index (χ1n) is 6.44. The van der Waals surface area contributed by atoms with E-state index in [9.17, 15) is 0 Å². The van der Waals surface area contributed by atoms with Crippen LogP contribution in [0.2, 0.25) is 0 Å². The van der Waals surface area contributed by atoms with Crippen LogP contribution < -0.4 is 5.73 Å². The van der Waals surface area contributed by atoms with Crippen molar-refractivity contribution in [3.63, 3.8) is 0 Å². The molecular formula is C14H26N2S. The summed E-state index contributed by atoms with van der Waals surface area (Å²) in [5.41, 5.74) is 6.04. The molecule has 0 spiro atoms. The zero-order valence-corrected chi connectivity index (χ0v) is 12.2. The summed E-state index contributed by atoms with van der Waals surface area (Å²) in [5.74, 6) is 0. The van der Waals surface area contributed by atoms with Crippen molar-refractivity contribution < 1.29 is 0 Å². The lowest BCUT2D eigenvalue weighted by molar-refractivity contribution is 0.290. The molecule has 1 aromatic heterocycles. The van der Waals surface area contributed by atoms with E-state index in [0.717, 1.165) is 13.1 Å². The van der Waals surface area contributed by atoms with Gasteiger partial charge in [-0.2, -0.15) is 0 Å². The van der Waals surface area contributed by atoms with Crippen LogP contribution in [-0.2, 0) is 6.54 Å². The van der Waals surface area contributed by atoms with Crippen molar-refractivity contribution in [1.29, 1.82) is 0 Å². The van der Waals surface area contributed by atoms with E-state index >= 15 is 0 Å². The zero-order chi connectivity index (χ0) is 12.7. The highest BCUT2D eigenvalue weighted by Crippen LogP contribution is 2.21. The Morgan fingerprint density at radius 2 is 2.12 bits per heavy atom. The number of unbranched alkanes of at least 4 members (excludes halogenated alkanes) is 1. The predicted molar refractivity (Wildman–Crippen MR) is 77.3 cm³/mol. The molecule has 1 rings (SSSR count). The fraction of sp³-hybridized carbons (Fsp3) is 0.714. The lowest BCUT2D eigenvalue weighted by atomic mass is 9.87. The number of hydrogen-bond acceptors (Lipinski definition) is 3. The normalized spacial score (nSPS) is 12.3. The summed E-state index contributed by atoms with van der Waals surface area (Å²) in [6, 6.07) is 4.33. The van der Waals surface area contributed by atoms with Crippen LogP contribution in [0.25, 0.3) is 0 Å². The van der Waals surface area contributed by atoms with Gasteiger partial charge in [0.1, 0.15) is 0 Å². The molecule has 0 atom stereocenters. The number of nitrogens with zero attached hydrogens (tertiary/aromatic N) is 1. The van der Waals surface area contributed by atoms with Crippen LogP contribution in [0.4, 0.5) is 0 Å². The van der Waals surface area contributed by atoms with E-state index in [0.29, 0.717) is 5.41 Å². The highest BCUT2D eigenvalue weighted by Gasteiger charge is 2.14. The van der Waals surface area contributed by atoms with Gasteiger partial charge in [-0.05, 0) is 49.8 Å².